The van der Waals surface area contributed by atoms with Crippen LogP contribution >= 0.6 is 39.1 Å². The van der Waals surface area contributed by atoms with E-state index in [1.165, 1.54) is 6.26 Å². The van der Waals surface area contributed by atoms with Crippen LogP contribution in [-0.2, 0) is 9.84 Å². The highest BCUT2D eigenvalue weighted by Crippen LogP contribution is 2.38. The van der Waals surface area contributed by atoms with E-state index in [1.54, 1.807) is 28.9 Å². The summed E-state index contributed by atoms with van der Waals surface area (Å²) in [6.07, 6.45) is 1.18. The fourth-order valence-electron chi connectivity index (χ4n) is 3.07. The molecule has 1 heterocycles. The number of sulfone groups is 1. The molecule has 0 aliphatic carbocycles. The van der Waals surface area contributed by atoms with Gasteiger partial charge in [0.25, 0.3) is 0 Å². The molecule has 0 radical (unpaired) electrons. The molecular formula is C22H15BrCl2N2O2S. The first-order valence-electron chi connectivity index (χ1n) is 8.85. The third-order valence-electron chi connectivity index (χ3n) is 4.57. The number of halogens is 3. The highest BCUT2D eigenvalue weighted by Gasteiger charge is 2.20. The maximum absolute atomic E-state index is 11.8. The predicted molar refractivity (Wildman–Crippen MR) is 125 cm³/mol. The minimum Gasteiger partial charge on any atom is -0.231 e. The van der Waals surface area contributed by atoms with Gasteiger partial charge in [-0.2, -0.15) is 5.10 Å². The zero-order valence-corrected chi connectivity index (χ0v) is 19.6. The van der Waals surface area contributed by atoms with Gasteiger partial charge in [0, 0.05) is 27.4 Å². The number of nitrogens with zero attached hydrogens (tertiary/aromatic N) is 2. The zero-order chi connectivity index (χ0) is 21.5. The summed E-state index contributed by atoms with van der Waals surface area (Å²) in [5, 5.41) is 6.09. The molecule has 3 aromatic carbocycles. The van der Waals surface area contributed by atoms with E-state index in [4.69, 9.17) is 28.3 Å². The second kappa shape index (κ2) is 8.19. The van der Waals surface area contributed by atoms with Crippen molar-refractivity contribution >= 4 is 49.0 Å². The van der Waals surface area contributed by atoms with Crippen LogP contribution in [0, 0.1) is 0 Å². The Bertz CT molecular complexity index is 1320. The molecule has 0 fully saturated rings. The summed E-state index contributed by atoms with van der Waals surface area (Å²) >= 11 is 15.8. The quantitative estimate of drug-likeness (QED) is 0.301. The van der Waals surface area contributed by atoms with Crippen LogP contribution in [0.3, 0.4) is 0 Å². The van der Waals surface area contributed by atoms with Crippen LogP contribution in [0.15, 0.2) is 82.2 Å². The molecule has 0 amide bonds. The third kappa shape index (κ3) is 4.18. The molecule has 0 bridgehead atoms. The van der Waals surface area contributed by atoms with Crippen molar-refractivity contribution in [3.8, 4) is 28.2 Å². The van der Waals surface area contributed by atoms with E-state index in [1.807, 2.05) is 48.5 Å². The first kappa shape index (κ1) is 21.1. The smallest absolute Gasteiger partial charge is 0.175 e. The Kier molecular flexibility index (Phi) is 5.77. The van der Waals surface area contributed by atoms with Gasteiger partial charge in [-0.3, -0.25) is 0 Å². The average molecular weight is 522 g/mol. The maximum atomic E-state index is 11.8. The molecule has 0 saturated heterocycles. The van der Waals surface area contributed by atoms with Crippen LogP contribution in [0.5, 0.6) is 0 Å². The lowest BCUT2D eigenvalue weighted by Gasteiger charge is -2.09. The largest absolute Gasteiger partial charge is 0.231 e. The van der Waals surface area contributed by atoms with Crippen LogP contribution in [0.25, 0.3) is 28.2 Å². The Morgan fingerprint density at radius 2 is 1.30 bits per heavy atom. The number of rotatable bonds is 4. The number of hydrogen-bond acceptors (Lipinski definition) is 3. The normalized spacial score (nSPS) is 11.6. The standard InChI is InChI=1S/C22H15BrCl2N2O2S/c1-30(28,29)19-12-10-18(11-13-19)27-22(15-4-8-17(25)9-5-15)20(23)21(26-27)14-2-6-16(24)7-3-14/h2-13H,1H3. The number of aromatic nitrogens is 2. The zero-order valence-electron chi connectivity index (χ0n) is 15.7. The lowest BCUT2D eigenvalue weighted by molar-refractivity contribution is 0.602. The van der Waals surface area contributed by atoms with Gasteiger partial charge in [0.2, 0.25) is 0 Å². The molecule has 4 nitrogen and oxygen atoms in total. The number of benzene rings is 3. The van der Waals surface area contributed by atoms with Gasteiger partial charge in [0.05, 0.1) is 20.7 Å². The minimum absolute atomic E-state index is 0.253. The molecule has 0 unspecified atom stereocenters. The van der Waals surface area contributed by atoms with Crippen LogP contribution in [0.2, 0.25) is 10.0 Å². The predicted octanol–water partition coefficient (Wildman–Crippen LogP) is 6.68. The molecule has 0 spiro atoms. The molecule has 0 aliphatic heterocycles. The molecule has 0 aliphatic rings. The van der Waals surface area contributed by atoms with Gasteiger partial charge in [0.15, 0.2) is 9.84 Å². The van der Waals surface area contributed by atoms with Crippen molar-refractivity contribution in [2.24, 2.45) is 0 Å². The lowest BCUT2D eigenvalue weighted by atomic mass is 10.1. The SMILES string of the molecule is CS(=O)(=O)c1ccc(-n2nc(-c3ccc(Cl)cc3)c(Br)c2-c2ccc(Cl)cc2)cc1. The molecule has 0 N–H and O–H groups in total. The average Bonchev–Trinajstić information content (AvgIpc) is 3.06. The van der Waals surface area contributed by atoms with E-state index in [-0.39, 0.29) is 4.90 Å². The van der Waals surface area contributed by atoms with E-state index in [9.17, 15) is 8.42 Å². The van der Waals surface area contributed by atoms with Gasteiger partial charge in [-0.15, -0.1) is 0 Å². The van der Waals surface area contributed by atoms with Gasteiger partial charge in [-0.1, -0.05) is 47.5 Å². The first-order chi connectivity index (χ1) is 14.2. The molecule has 1 aromatic heterocycles. The van der Waals surface area contributed by atoms with Crippen molar-refractivity contribution in [3.63, 3.8) is 0 Å². The van der Waals surface area contributed by atoms with E-state index >= 15 is 0 Å². The second-order valence-corrected chi connectivity index (χ2v) is 10.4. The van der Waals surface area contributed by atoms with Crippen LogP contribution in [0.4, 0.5) is 0 Å². The van der Waals surface area contributed by atoms with Crippen LogP contribution < -0.4 is 0 Å². The van der Waals surface area contributed by atoms with Crippen molar-refractivity contribution in [2.45, 2.75) is 4.90 Å². The maximum Gasteiger partial charge on any atom is 0.175 e. The molecule has 8 heteroatoms. The number of hydrogen-bond donors (Lipinski definition) is 0. The van der Waals surface area contributed by atoms with E-state index in [2.05, 4.69) is 15.9 Å². The molecule has 4 rings (SSSR count). The molecule has 0 atom stereocenters. The van der Waals surface area contributed by atoms with Crippen molar-refractivity contribution in [1.29, 1.82) is 0 Å². The Balaban J connectivity index is 1.93. The highest BCUT2D eigenvalue weighted by atomic mass is 79.9. The molecule has 152 valence electrons. The Labute approximate surface area is 193 Å². The van der Waals surface area contributed by atoms with Crippen molar-refractivity contribution < 1.29 is 8.42 Å². The summed E-state index contributed by atoms with van der Waals surface area (Å²) < 4.78 is 26.2. The highest BCUT2D eigenvalue weighted by molar-refractivity contribution is 9.10. The molecular weight excluding hydrogens is 507 g/mol. The van der Waals surface area contributed by atoms with Crippen molar-refractivity contribution in [3.05, 3.63) is 87.3 Å². The topological polar surface area (TPSA) is 52.0 Å². The minimum atomic E-state index is -3.28. The fourth-order valence-corrected chi connectivity index (χ4v) is 4.66. The summed E-state index contributed by atoms with van der Waals surface area (Å²) in [4.78, 5) is 0.253. The summed E-state index contributed by atoms with van der Waals surface area (Å²) in [6.45, 7) is 0. The van der Waals surface area contributed by atoms with E-state index < -0.39 is 9.84 Å². The van der Waals surface area contributed by atoms with Gasteiger partial charge < -0.3 is 0 Å². The van der Waals surface area contributed by atoms with E-state index in [0.717, 1.165) is 32.7 Å². The van der Waals surface area contributed by atoms with Gasteiger partial charge in [-0.05, 0) is 64.5 Å². The van der Waals surface area contributed by atoms with Crippen molar-refractivity contribution in [2.75, 3.05) is 6.26 Å². The third-order valence-corrected chi connectivity index (χ3v) is 6.96. The first-order valence-corrected chi connectivity index (χ1v) is 12.3. The Hall–Kier alpha value is -2.12. The summed E-state index contributed by atoms with van der Waals surface area (Å²) in [6, 6.07) is 21.5. The lowest BCUT2D eigenvalue weighted by Crippen LogP contribution is -2.01. The Morgan fingerprint density at radius 1 is 0.800 bits per heavy atom. The van der Waals surface area contributed by atoms with Gasteiger partial charge in [-0.25, -0.2) is 13.1 Å². The van der Waals surface area contributed by atoms with Crippen molar-refractivity contribution in [1.82, 2.24) is 9.78 Å². The van der Waals surface area contributed by atoms with Gasteiger partial charge in [0.1, 0.15) is 5.69 Å². The Morgan fingerprint density at radius 3 is 1.80 bits per heavy atom. The van der Waals surface area contributed by atoms with Crippen LogP contribution in [0.1, 0.15) is 0 Å². The molecule has 0 saturated carbocycles. The fraction of sp³-hybridized carbons (Fsp3) is 0.0455. The van der Waals surface area contributed by atoms with Crippen LogP contribution in [-0.4, -0.2) is 24.5 Å². The molecule has 30 heavy (non-hydrogen) atoms. The van der Waals surface area contributed by atoms with Gasteiger partial charge >= 0.3 is 0 Å². The molecule has 4 aromatic rings. The second-order valence-electron chi connectivity index (χ2n) is 6.70. The summed E-state index contributed by atoms with van der Waals surface area (Å²) in [5.41, 5.74) is 4.10. The summed E-state index contributed by atoms with van der Waals surface area (Å²) in [5.74, 6) is 0. The monoisotopic (exact) mass is 520 g/mol. The van der Waals surface area contributed by atoms with E-state index in [0.29, 0.717) is 10.0 Å². The summed E-state index contributed by atoms with van der Waals surface area (Å²) in [7, 11) is -3.28.